The van der Waals surface area contributed by atoms with Crippen LogP contribution in [-0.4, -0.2) is 53.9 Å². The zero-order chi connectivity index (χ0) is 38.0. The Bertz CT molecular complexity index is 2020. The molecule has 4 aromatic carbocycles. The number of halogens is 3. The van der Waals surface area contributed by atoms with E-state index in [2.05, 4.69) is 65.0 Å². The Labute approximate surface area is 320 Å². The van der Waals surface area contributed by atoms with Crippen LogP contribution in [0, 0.1) is 18.6 Å². The van der Waals surface area contributed by atoms with E-state index in [0.29, 0.717) is 29.0 Å². The molecule has 1 aromatic heterocycles. The summed E-state index contributed by atoms with van der Waals surface area (Å²) < 4.78 is 45.0. The van der Waals surface area contributed by atoms with Crippen molar-refractivity contribution in [3.8, 4) is 23.1 Å². The molecule has 1 fully saturated rings. The third-order valence-electron chi connectivity index (χ3n) is 9.44. The number of pyridine rings is 1. The number of nitrogens with zero attached hydrogens (tertiary/aromatic N) is 3. The molecule has 0 bridgehead atoms. The Balaban J connectivity index is 0.992. The van der Waals surface area contributed by atoms with Gasteiger partial charge in [0.05, 0.1) is 17.8 Å². The van der Waals surface area contributed by atoms with Crippen molar-refractivity contribution in [1.29, 1.82) is 0 Å². The number of ether oxygens (including phenoxy) is 3. The smallest absolute Gasteiger partial charge is 0.219 e. The molecule has 1 saturated heterocycles. The van der Waals surface area contributed by atoms with Crippen LogP contribution in [0.4, 0.5) is 8.78 Å². The van der Waals surface area contributed by atoms with Gasteiger partial charge in [0.1, 0.15) is 24.4 Å². The van der Waals surface area contributed by atoms with E-state index < -0.39 is 11.6 Å². The van der Waals surface area contributed by atoms with Crippen LogP contribution in [-0.2, 0) is 24.4 Å². The molecule has 0 saturated carbocycles. The molecule has 280 valence electrons. The van der Waals surface area contributed by atoms with Gasteiger partial charge in [-0.25, -0.2) is 13.8 Å². The number of aldehydes is 1. The quantitative estimate of drug-likeness (QED) is 0.0780. The molecule has 0 N–H and O–H groups in total. The molecule has 0 spiro atoms. The van der Waals surface area contributed by atoms with E-state index in [-0.39, 0.29) is 18.1 Å². The minimum absolute atomic E-state index is 0.103. The maximum Gasteiger partial charge on any atom is 0.219 e. The van der Waals surface area contributed by atoms with Gasteiger partial charge in [0.15, 0.2) is 17.4 Å². The van der Waals surface area contributed by atoms with Gasteiger partial charge < -0.3 is 19.1 Å². The molecule has 10 heteroatoms. The first kappa shape index (κ1) is 38.5. The zero-order valence-electron chi connectivity index (χ0n) is 30.7. The number of hydrogen-bond donors (Lipinski definition) is 0. The Morgan fingerprint density at radius 3 is 2.28 bits per heavy atom. The predicted octanol–water partition coefficient (Wildman–Crippen LogP) is 9.80. The van der Waals surface area contributed by atoms with Gasteiger partial charge in [-0.15, -0.1) is 0 Å². The number of allylic oxidation sites excluding steroid dienone is 1. The van der Waals surface area contributed by atoms with Crippen LogP contribution in [0.1, 0.15) is 53.1 Å². The summed E-state index contributed by atoms with van der Waals surface area (Å²) in [5, 5.41) is 0.374. The number of carbonyl (C=O) groups is 1. The second kappa shape index (κ2) is 18.2. The molecule has 54 heavy (non-hydrogen) atoms. The fourth-order valence-corrected chi connectivity index (χ4v) is 6.65. The lowest BCUT2D eigenvalue weighted by Crippen LogP contribution is -2.45. The maximum atomic E-state index is 14.0. The van der Waals surface area contributed by atoms with Crippen molar-refractivity contribution in [3.05, 3.63) is 153 Å². The minimum Gasteiger partial charge on any atom is -0.493 e. The molecule has 0 aliphatic carbocycles. The summed E-state index contributed by atoms with van der Waals surface area (Å²) in [6, 6.07) is 28.0. The van der Waals surface area contributed by atoms with E-state index in [1.54, 1.807) is 24.3 Å². The number of aromatic nitrogens is 1. The topological polar surface area (TPSA) is 64.1 Å². The van der Waals surface area contributed by atoms with Crippen molar-refractivity contribution in [3.63, 3.8) is 0 Å². The highest BCUT2D eigenvalue weighted by Crippen LogP contribution is 2.36. The summed E-state index contributed by atoms with van der Waals surface area (Å²) in [5.41, 5.74) is 6.31. The summed E-state index contributed by atoms with van der Waals surface area (Å²) >= 11 is 6.75. The Morgan fingerprint density at radius 1 is 0.889 bits per heavy atom. The highest BCUT2D eigenvalue weighted by molar-refractivity contribution is 6.32. The first-order chi connectivity index (χ1) is 26.2. The maximum absolute atomic E-state index is 14.0. The Hall–Kier alpha value is -5.25. The second-order valence-electron chi connectivity index (χ2n) is 13.6. The molecule has 2 heterocycles. The summed E-state index contributed by atoms with van der Waals surface area (Å²) in [6.45, 7) is 10.8. The van der Waals surface area contributed by atoms with Crippen molar-refractivity contribution in [2.45, 2.75) is 46.3 Å². The summed E-state index contributed by atoms with van der Waals surface area (Å²) in [6.07, 6.45) is 4.67. The van der Waals surface area contributed by atoms with Crippen LogP contribution in [0.3, 0.4) is 0 Å². The van der Waals surface area contributed by atoms with E-state index in [4.69, 9.17) is 25.8 Å². The lowest BCUT2D eigenvalue weighted by atomic mass is 10.0. The van der Waals surface area contributed by atoms with Gasteiger partial charge >= 0.3 is 0 Å². The van der Waals surface area contributed by atoms with Crippen LogP contribution in [0.2, 0.25) is 5.02 Å². The van der Waals surface area contributed by atoms with Crippen molar-refractivity contribution in [1.82, 2.24) is 14.8 Å². The fraction of sp³-hybridized carbons (Fsp3) is 0.273. The molecular formula is C44H44ClF2N3O4. The van der Waals surface area contributed by atoms with Crippen molar-refractivity contribution < 1.29 is 27.8 Å². The first-order valence-electron chi connectivity index (χ1n) is 18.1. The molecule has 1 aliphatic heterocycles. The zero-order valence-corrected chi connectivity index (χ0v) is 31.5. The number of hydrogen-bond acceptors (Lipinski definition) is 7. The van der Waals surface area contributed by atoms with Crippen molar-refractivity contribution in [2.24, 2.45) is 0 Å². The molecular weight excluding hydrogens is 708 g/mol. The average molecular weight is 752 g/mol. The van der Waals surface area contributed by atoms with Gasteiger partial charge in [0.25, 0.3) is 0 Å². The number of piperazine rings is 1. The SMILES string of the molecule is Cc1cc(/C(=C\C=O)N2CCN(Cc3ccc(CCOc4ccc(C(C)C)cc4)cc3)CC2)cc(Cl)c1Oc1ccc(OCc2cccc(F)c2F)cn1. The lowest BCUT2D eigenvalue weighted by molar-refractivity contribution is -0.104. The number of carbonyl (C=O) groups excluding carboxylic acids is 1. The van der Waals surface area contributed by atoms with E-state index in [1.165, 1.54) is 35.0 Å². The standard InChI is InChI=1S/C44H44ClF2N3O4/c1-30(2)34-11-13-37(14-12-34)52-24-18-32-7-9-33(10-8-32)28-49-19-21-50(22-20-49)41(17-23-51)36-25-31(3)44(39(45)26-36)54-42-16-15-38(27-48-42)53-29-35-5-4-6-40(46)43(35)47/h4-17,23,25-27,30H,18-22,24,28-29H2,1-3H3/b41-17+. The number of aryl methyl sites for hydroxylation is 1. The molecule has 0 unspecified atom stereocenters. The largest absolute Gasteiger partial charge is 0.493 e. The molecule has 6 rings (SSSR count). The molecule has 0 radical (unpaired) electrons. The van der Waals surface area contributed by atoms with Crippen molar-refractivity contribution in [2.75, 3.05) is 32.8 Å². The van der Waals surface area contributed by atoms with Crippen molar-refractivity contribution >= 4 is 23.6 Å². The normalized spacial score (nSPS) is 13.6. The third kappa shape index (κ3) is 10.0. The Morgan fingerprint density at radius 2 is 1.61 bits per heavy atom. The van der Waals surface area contributed by atoms with Gasteiger partial charge in [-0.3, -0.25) is 9.69 Å². The number of rotatable bonds is 15. The van der Waals surface area contributed by atoms with Crippen LogP contribution in [0.25, 0.3) is 5.70 Å². The lowest BCUT2D eigenvalue weighted by Gasteiger charge is -2.37. The molecule has 1 aliphatic rings. The van der Waals surface area contributed by atoms with Gasteiger partial charge in [-0.1, -0.05) is 74.0 Å². The highest BCUT2D eigenvalue weighted by Gasteiger charge is 2.22. The van der Waals surface area contributed by atoms with Gasteiger partial charge in [-0.05, 0) is 77.1 Å². The number of benzene rings is 4. The van der Waals surface area contributed by atoms with Gasteiger partial charge in [0.2, 0.25) is 5.88 Å². The second-order valence-corrected chi connectivity index (χ2v) is 14.0. The predicted molar refractivity (Wildman–Crippen MR) is 208 cm³/mol. The minimum atomic E-state index is -0.938. The fourth-order valence-electron chi connectivity index (χ4n) is 6.35. The van der Waals surface area contributed by atoms with Crippen LogP contribution in [0.5, 0.6) is 23.1 Å². The first-order valence-corrected chi connectivity index (χ1v) is 18.5. The summed E-state index contributed by atoms with van der Waals surface area (Å²) in [5.74, 6) is 0.624. The summed E-state index contributed by atoms with van der Waals surface area (Å²) in [7, 11) is 0. The summed E-state index contributed by atoms with van der Waals surface area (Å²) in [4.78, 5) is 20.7. The average Bonchev–Trinajstić information content (AvgIpc) is 3.17. The van der Waals surface area contributed by atoms with Crippen LogP contribution in [0.15, 0.2) is 103 Å². The molecule has 0 amide bonds. The van der Waals surface area contributed by atoms with Gasteiger partial charge in [0, 0.05) is 62.5 Å². The van der Waals surface area contributed by atoms with E-state index >= 15 is 0 Å². The molecule has 0 atom stereocenters. The Kier molecular flexibility index (Phi) is 13.0. The molecule has 5 aromatic rings. The highest BCUT2D eigenvalue weighted by atomic mass is 35.5. The van der Waals surface area contributed by atoms with E-state index in [1.807, 2.05) is 25.1 Å². The van der Waals surface area contributed by atoms with E-state index in [0.717, 1.165) is 74.1 Å². The monoisotopic (exact) mass is 751 g/mol. The van der Waals surface area contributed by atoms with E-state index in [9.17, 15) is 13.6 Å². The van der Waals surface area contributed by atoms with Crippen LogP contribution < -0.4 is 14.2 Å². The third-order valence-corrected chi connectivity index (χ3v) is 9.72. The van der Waals surface area contributed by atoms with Crippen LogP contribution >= 0.6 is 11.6 Å². The van der Waals surface area contributed by atoms with Gasteiger partial charge in [-0.2, -0.15) is 0 Å². The molecule has 7 nitrogen and oxygen atoms in total.